The van der Waals surface area contributed by atoms with E-state index >= 15 is 0 Å². The Bertz CT molecular complexity index is 441. The monoisotopic (exact) mass is 425 g/mol. The van der Waals surface area contributed by atoms with Crippen molar-refractivity contribution in [3.8, 4) is 5.75 Å². The molecule has 0 saturated heterocycles. The van der Waals surface area contributed by atoms with Crippen LogP contribution in [0.5, 0.6) is 5.75 Å². The summed E-state index contributed by atoms with van der Waals surface area (Å²) in [5, 5.41) is 3.71. The zero-order chi connectivity index (χ0) is 15.0. The van der Waals surface area contributed by atoms with Crippen molar-refractivity contribution in [3.05, 3.63) is 29.3 Å². The van der Waals surface area contributed by atoms with E-state index in [-0.39, 0.29) is 30.1 Å². The number of hydrogen-bond donors (Lipinski definition) is 2. The van der Waals surface area contributed by atoms with E-state index in [0.29, 0.717) is 29.2 Å². The lowest BCUT2D eigenvalue weighted by molar-refractivity contribution is 0.200. The first-order valence-electron chi connectivity index (χ1n) is 6.97. The van der Waals surface area contributed by atoms with Crippen molar-refractivity contribution in [3.63, 3.8) is 0 Å². The molecule has 1 atom stereocenters. The lowest BCUT2D eigenvalue weighted by Gasteiger charge is -2.19. The van der Waals surface area contributed by atoms with E-state index in [1.165, 1.54) is 0 Å². The minimum atomic E-state index is 0. The lowest BCUT2D eigenvalue weighted by Crippen LogP contribution is -2.39. The second-order valence-electron chi connectivity index (χ2n) is 5.08. The van der Waals surface area contributed by atoms with Crippen LogP contribution in [0.1, 0.15) is 27.2 Å². The minimum Gasteiger partial charge on any atom is -0.487 e. The van der Waals surface area contributed by atoms with Crippen LogP contribution in [-0.4, -0.2) is 25.2 Å². The Morgan fingerprint density at radius 3 is 2.62 bits per heavy atom. The molecule has 1 rings (SSSR count). The lowest BCUT2D eigenvalue weighted by atomic mass is 10.2. The molecule has 1 aromatic carbocycles. The summed E-state index contributed by atoms with van der Waals surface area (Å²) >= 11 is 6.08. The molecular formula is C15H25ClIN3O. The maximum atomic E-state index is 6.08. The molecule has 1 aromatic rings. The summed E-state index contributed by atoms with van der Waals surface area (Å²) in [6.07, 6.45) is 0.859. The van der Waals surface area contributed by atoms with E-state index in [2.05, 4.69) is 31.1 Å². The van der Waals surface area contributed by atoms with Crippen LogP contribution in [0, 0.1) is 5.92 Å². The van der Waals surface area contributed by atoms with E-state index in [1.807, 2.05) is 24.3 Å². The first kappa shape index (κ1) is 20.3. The largest absolute Gasteiger partial charge is 0.487 e. The van der Waals surface area contributed by atoms with Crippen LogP contribution in [0.2, 0.25) is 5.02 Å². The topological polar surface area (TPSA) is 59.6 Å². The van der Waals surface area contributed by atoms with Gasteiger partial charge in [-0.1, -0.05) is 44.5 Å². The number of nitrogens with one attached hydrogen (secondary N) is 1. The highest BCUT2D eigenvalue weighted by atomic mass is 127. The van der Waals surface area contributed by atoms with Gasteiger partial charge in [-0.25, -0.2) is 0 Å². The van der Waals surface area contributed by atoms with Crippen molar-refractivity contribution in [1.82, 2.24) is 5.32 Å². The number of nitrogens with zero attached hydrogens (tertiary/aromatic N) is 1. The van der Waals surface area contributed by atoms with E-state index in [4.69, 9.17) is 22.1 Å². The van der Waals surface area contributed by atoms with E-state index < -0.39 is 0 Å². The van der Waals surface area contributed by atoms with Gasteiger partial charge in [0.05, 0.1) is 11.6 Å². The molecule has 0 heterocycles. The molecule has 6 heteroatoms. The third-order valence-corrected chi connectivity index (χ3v) is 3.04. The Morgan fingerprint density at radius 2 is 2.05 bits per heavy atom. The molecule has 0 aliphatic carbocycles. The number of guanidine groups is 1. The molecule has 0 saturated carbocycles. The van der Waals surface area contributed by atoms with Gasteiger partial charge in [-0.3, -0.25) is 4.99 Å². The summed E-state index contributed by atoms with van der Waals surface area (Å²) in [6, 6.07) is 7.46. The van der Waals surface area contributed by atoms with Crippen LogP contribution in [0.3, 0.4) is 0 Å². The van der Waals surface area contributed by atoms with Gasteiger partial charge in [-0.2, -0.15) is 0 Å². The standard InChI is InChI=1S/C15H24ClN3O.HI/c1-4-12(10-19-15(17)18-9-11(2)3)20-14-8-6-5-7-13(14)16;/h5-8,11-12H,4,9-10H2,1-3H3,(H3,17,18,19);1H. The smallest absolute Gasteiger partial charge is 0.188 e. The Hall–Kier alpha value is -0.690. The molecular weight excluding hydrogens is 401 g/mol. The van der Waals surface area contributed by atoms with Gasteiger partial charge < -0.3 is 15.8 Å². The second kappa shape index (κ2) is 11.0. The van der Waals surface area contributed by atoms with Crippen molar-refractivity contribution in [2.24, 2.45) is 16.6 Å². The average molecular weight is 426 g/mol. The highest BCUT2D eigenvalue weighted by Crippen LogP contribution is 2.24. The quantitative estimate of drug-likeness (QED) is 0.398. The normalized spacial score (nSPS) is 12.7. The van der Waals surface area contributed by atoms with Crippen LogP contribution in [0.15, 0.2) is 29.3 Å². The molecule has 120 valence electrons. The van der Waals surface area contributed by atoms with Gasteiger partial charge in [-0.05, 0) is 24.5 Å². The second-order valence-corrected chi connectivity index (χ2v) is 5.49. The van der Waals surface area contributed by atoms with Crippen molar-refractivity contribution in [2.45, 2.75) is 33.3 Å². The van der Waals surface area contributed by atoms with Crippen molar-refractivity contribution in [2.75, 3.05) is 13.1 Å². The van der Waals surface area contributed by atoms with Crippen molar-refractivity contribution >= 4 is 41.5 Å². The van der Waals surface area contributed by atoms with Crippen LogP contribution < -0.4 is 15.8 Å². The maximum absolute atomic E-state index is 6.08. The molecule has 0 amide bonds. The van der Waals surface area contributed by atoms with Gasteiger partial charge in [0.15, 0.2) is 5.96 Å². The highest BCUT2D eigenvalue weighted by Gasteiger charge is 2.10. The fourth-order valence-corrected chi connectivity index (χ4v) is 1.72. The number of ether oxygens (including phenoxy) is 1. The van der Waals surface area contributed by atoms with Crippen LogP contribution >= 0.6 is 35.6 Å². The summed E-state index contributed by atoms with van der Waals surface area (Å²) in [5.41, 5.74) is 5.81. The molecule has 0 aliphatic rings. The molecule has 0 aromatic heterocycles. The molecule has 1 unspecified atom stereocenters. The molecule has 0 bridgehead atoms. The number of rotatable bonds is 7. The summed E-state index contributed by atoms with van der Waals surface area (Å²) in [7, 11) is 0. The fourth-order valence-electron chi connectivity index (χ4n) is 1.54. The van der Waals surface area contributed by atoms with Gasteiger partial charge in [0.1, 0.15) is 11.9 Å². The number of hydrogen-bond acceptors (Lipinski definition) is 2. The van der Waals surface area contributed by atoms with Crippen LogP contribution in [-0.2, 0) is 0 Å². The Kier molecular flexibility index (Phi) is 10.6. The molecule has 21 heavy (non-hydrogen) atoms. The number of benzene rings is 1. The zero-order valence-corrected chi connectivity index (χ0v) is 15.9. The predicted octanol–water partition coefficient (Wildman–Crippen LogP) is 3.68. The molecule has 4 nitrogen and oxygen atoms in total. The first-order chi connectivity index (χ1) is 9.52. The number of aliphatic imine (C=N–C) groups is 1. The van der Waals surface area contributed by atoms with Crippen molar-refractivity contribution < 1.29 is 4.74 Å². The fraction of sp³-hybridized carbons (Fsp3) is 0.533. The number of nitrogens with two attached hydrogens (primary N) is 1. The summed E-state index contributed by atoms with van der Waals surface area (Å²) in [5.74, 6) is 1.65. The number of para-hydroxylation sites is 1. The van der Waals surface area contributed by atoms with Crippen molar-refractivity contribution in [1.29, 1.82) is 0 Å². The maximum Gasteiger partial charge on any atom is 0.188 e. The third-order valence-electron chi connectivity index (χ3n) is 2.72. The SMILES string of the molecule is CCC(CNC(N)=NCC(C)C)Oc1ccccc1Cl.I. The van der Waals surface area contributed by atoms with E-state index in [9.17, 15) is 0 Å². The van der Waals surface area contributed by atoms with Gasteiger partial charge in [0.2, 0.25) is 0 Å². The summed E-state index contributed by atoms with van der Waals surface area (Å²) < 4.78 is 5.87. The van der Waals surface area contributed by atoms with Gasteiger partial charge in [0, 0.05) is 6.54 Å². The van der Waals surface area contributed by atoms with Gasteiger partial charge in [-0.15, -0.1) is 24.0 Å². The van der Waals surface area contributed by atoms with Crippen LogP contribution in [0.4, 0.5) is 0 Å². The van der Waals surface area contributed by atoms with E-state index in [1.54, 1.807) is 0 Å². The molecule has 3 N–H and O–H groups in total. The third kappa shape index (κ3) is 8.36. The summed E-state index contributed by atoms with van der Waals surface area (Å²) in [4.78, 5) is 4.26. The average Bonchev–Trinajstić information content (AvgIpc) is 2.43. The minimum absolute atomic E-state index is 0. The van der Waals surface area contributed by atoms with E-state index in [0.717, 1.165) is 13.0 Å². The zero-order valence-electron chi connectivity index (χ0n) is 12.8. The Morgan fingerprint density at radius 1 is 1.38 bits per heavy atom. The Labute approximate surface area is 149 Å². The molecule has 0 radical (unpaired) electrons. The van der Waals surface area contributed by atoms with Gasteiger partial charge in [0.25, 0.3) is 0 Å². The molecule has 0 spiro atoms. The molecule has 0 aliphatic heterocycles. The predicted molar refractivity (Wildman–Crippen MR) is 101 cm³/mol. The summed E-state index contributed by atoms with van der Waals surface area (Å²) in [6.45, 7) is 7.60. The Balaban J connectivity index is 0.00000400. The van der Waals surface area contributed by atoms with Gasteiger partial charge >= 0.3 is 0 Å². The van der Waals surface area contributed by atoms with Crippen LogP contribution in [0.25, 0.3) is 0 Å². The molecule has 0 fully saturated rings. The first-order valence-corrected chi connectivity index (χ1v) is 7.35. The number of halogens is 2. The highest BCUT2D eigenvalue weighted by molar-refractivity contribution is 14.0.